The van der Waals surface area contributed by atoms with Gasteiger partial charge in [0.1, 0.15) is 11.4 Å². The second-order valence-electron chi connectivity index (χ2n) is 7.34. The van der Waals surface area contributed by atoms with Gasteiger partial charge in [-0.15, -0.1) is 5.10 Å². The molecule has 0 spiro atoms. The van der Waals surface area contributed by atoms with E-state index >= 15 is 0 Å². The molecule has 0 aliphatic carbocycles. The van der Waals surface area contributed by atoms with Gasteiger partial charge in [0.2, 0.25) is 11.1 Å². The standard InChI is InChI=1S/C22H26N6O2S/c1-2-30-20-11-7-6-10-19(20)28-22(24-25-26-28)31-16-21(29)23-18-12-13-27(15-18)14-17-8-4-3-5-9-17/h3-11,18H,2,12-16H2,1H3,(H,23,29)/t18-/m1/s1. The smallest absolute Gasteiger partial charge is 0.230 e. The summed E-state index contributed by atoms with van der Waals surface area (Å²) in [5, 5.41) is 15.6. The zero-order valence-electron chi connectivity index (χ0n) is 17.5. The minimum atomic E-state index is -0.01000. The maximum absolute atomic E-state index is 12.5. The highest BCUT2D eigenvalue weighted by molar-refractivity contribution is 7.99. The fourth-order valence-electron chi connectivity index (χ4n) is 3.66. The van der Waals surface area contributed by atoms with Gasteiger partial charge in [-0.1, -0.05) is 54.2 Å². The van der Waals surface area contributed by atoms with E-state index in [0.29, 0.717) is 17.5 Å². The van der Waals surface area contributed by atoms with E-state index in [-0.39, 0.29) is 17.7 Å². The lowest BCUT2D eigenvalue weighted by molar-refractivity contribution is -0.119. The van der Waals surface area contributed by atoms with Crippen molar-refractivity contribution in [3.8, 4) is 11.4 Å². The number of amides is 1. The first-order valence-electron chi connectivity index (χ1n) is 10.4. The van der Waals surface area contributed by atoms with Gasteiger partial charge in [0.05, 0.1) is 12.4 Å². The second kappa shape index (κ2) is 10.4. The van der Waals surface area contributed by atoms with Gasteiger partial charge in [-0.05, 0) is 41.5 Å². The monoisotopic (exact) mass is 438 g/mol. The largest absolute Gasteiger partial charge is 0.492 e. The number of likely N-dealkylation sites (tertiary alicyclic amines) is 1. The second-order valence-corrected chi connectivity index (χ2v) is 8.28. The summed E-state index contributed by atoms with van der Waals surface area (Å²) in [6.45, 7) is 5.24. The molecule has 4 rings (SSSR count). The highest BCUT2D eigenvalue weighted by Gasteiger charge is 2.24. The quantitative estimate of drug-likeness (QED) is 0.514. The lowest BCUT2D eigenvalue weighted by Gasteiger charge is -2.16. The van der Waals surface area contributed by atoms with Crippen molar-refractivity contribution in [2.75, 3.05) is 25.4 Å². The lowest BCUT2D eigenvalue weighted by Crippen LogP contribution is -2.38. The summed E-state index contributed by atoms with van der Waals surface area (Å²) in [4.78, 5) is 14.9. The van der Waals surface area contributed by atoms with Crippen LogP contribution in [-0.2, 0) is 11.3 Å². The first kappa shape index (κ1) is 21.3. The van der Waals surface area contributed by atoms with Crippen LogP contribution in [0.2, 0.25) is 0 Å². The van der Waals surface area contributed by atoms with Crippen molar-refractivity contribution in [1.82, 2.24) is 30.4 Å². The van der Waals surface area contributed by atoms with Crippen LogP contribution in [0.25, 0.3) is 5.69 Å². The molecule has 1 atom stereocenters. The van der Waals surface area contributed by atoms with Crippen molar-refractivity contribution < 1.29 is 9.53 Å². The van der Waals surface area contributed by atoms with Crippen LogP contribution >= 0.6 is 11.8 Å². The molecule has 2 heterocycles. The number of rotatable bonds is 9. The Balaban J connectivity index is 1.29. The normalized spacial score (nSPS) is 16.4. The van der Waals surface area contributed by atoms with Gasteiger partial charge in [-0.25, -0.2) is 0 Å². The Hall–Kier alpha value is -2.91. The van der Waals surface area contributed by atoms with E-state index in [4.69, 9.17) is 4.74 Å². The number of thioether (sulfide) groups is 1. The van der Waals surface area contributed by atoms with Crippen molar-refractivity contribution in [1.29, 1.82) is 0 Å². The summed E-state index contributed by atoms with van der Waals surface area (Å²) in [7, 11) is 0. The zero-order chi connectivity index (χ0) is 21.5. The van der Waals surface area contributed by atoms with Crippen molar-refractivity contribution >= 4 is 17.7 Å². The summed E-state index contributed by atoms with van der Waals surface area (Å²) in [5.74, 6) is 0.948. The third kappa shape index (κ3) is 5.62. The molecule has 1 N–H and O–H groups in total. The van der Waals surface area contributed by atoms with E-state index in [0.717, 1.165) is 31.7 Å². The average Bonchev–Trinajstić information content (AvgIpc) is 3.43. The third-order valence-corrected chi connectivity index (χ3v) is 5.97. The van der Waals surface area contributed by atoms with E-state index in [2.05, 4.69) is 50.0 Å². The molecule has 1 fully saturated rings. The van der Waals surface area contributed by atoms with E-state index in [1.165, 1.54) is 17.3 Å². The highest BCUT2D eigenvalue weighted by Crippen LogP contribution is 2.26. The molecule has 0 bridgehead atoms. The van der Waals surface area contributed by atoms with Gasteiger partial charge in [0.15, 0.2) is 0 Å². The molecule has 162 valence electrons. The summed E-state index contributed by atoms with van der Waals surface area (Å²) >= 11 is 1.32. The number of carbonyl (C=O) groups is 1. The zero-order valence-corrected chi connectivity index (χ0v) is 18.3. The molecule has 0 saturated carbocycles. The first-order valence-corrected chi connectivity index (χ1v) is 11.4. The average molecular weight is 439 g/mol. The number of hydrogen-bond acceptors (Lipinski definition) is 7. The minimum absolute atomic E-state index is 0.01000. The van der Waals surface area contributed by atoms with Crippen LogP contribution in [0, 0.1) is 0 Å². The third-order valence-electron chi connectivity index (χ3n) is 5.05. The molecule has 3 aromatic rings. The van der Waals surface area contributed by atoms with E-state index < -0.39 is 0 Å². The molecule has 9 heteroatoms. The Kier molecular flexibility index (Phi) is 7.16. The molecule has 1 amide bonds. The van der Waals surface area contributed by atoms with E-state index in [1.54, 1.807) is 4.68 Å². The molecule has 31 heavy (non-hydrogen) atoms. The van der Waals surface area contributed by atoms with Crippen molar-refractivity contribution in [3.05, 3.63) is 60.2 Å². The van der Waals surface area contributed by atoms with Crippen LogP contribution in [0.5, 0.6) is 5.75 Å². The Morgan fingerprint density at radius 1 is 1.19 bits per heavy atom. The first-order chi connectivity index (χ1) is 15.2. The molecule has 1 aliphatic rings. The predicted octanol–water partition coefficient (Wildman–Crippen LogP) is 2.54. The molecule has 0 unspecified atom stereocenters. The van der Waals surface area contributed by atoms with Gasteiger partial charge in [0, 0.05) is 25.7 Å². The fraction of sp³-hybridized carbons (Fsp3) is 0.364. The van der Waals surface area contributed by atoms with Crippen molar-refractivity contribution in [2.45, 2.75) is 31.1 Å². The number of tetrazole rings is 1. The summed E-state index contributed by atoms with van der Waals surface area (Å²) in [5.41, 5.74) is 2.05. The van der Waals surface area contributed by atoms with Crippen molar-refractivity contribution in [2.24, 2.45) is 0 Å². The number of hydrogen-bond donors (Lipinski definition) is 1. The SMILES string of the molecule is CCOc1ccccc1-n1nnnc1SCC(=O)N[C@@H]1CCN(Cc2ccccc2)C1. The van der Waals surface area contributed by atoms with E-state index in [1.807, 2.05) is 37.3 Å². The molecule has 2 aromatic carbocycles. The van der Waals surface area contributed by atoms with Crippen LogP contribution in [-0.4, -0.2) is 62.5 Å². The van der Waals surface area contributed by atoms with Crippen LogP contribution < -0.4 is 10.1 Å². The van der Waals surface area contributed by atoms with E-state index in [9.17, 15) is 4.79 Å². The number of ether oxygens (including phenoxy) is 1. The Morgan fingerprint density at radius 2 is 2.00 bits per heavy atom. The molecule has 8 nitrogen and oxygen atoms in total. The Labute approximate surface area is 186 Å². The van der Waals surface area contributed by atoms with Gasteiger partial charge in [-0.2, -0.15) is 4.68 Å². The number of aromatic nitrogens is 4. The van der Waals surface area contributed by atoms with Gasteiger partial charge >= 0.3 is 0 Å². The maximum Gasteiger partial charge on any atom is 0.230 e. The number of benzene rings is 2. The van der Waals surface area contributed by atoms with Crippen LogP contribution in [0.1, 0.15) is 18.9 Å². The Morgan fingerprint density at radius 3 is 2.84 bits per heavy atom. The Bertz CT molecular complexity index is 996. The molecule has 1 saturated heterocycles. The maximum atomic E-state index is 12.5. The van der Waals surface area contributed by atoms with Crippen LogP contribution in [0.3, 0.4) is 0 Å². The summed E-state index contributed by atoms with van der Waals surface area (Å²) in [6.07, 6.45) is 0.961. The number of carbonyl (C=O) groups excluding carboxylic acids is 1. The van der Waals surface area contributed by atoms with Crippen molar-refractivity contribution in [3.63, 3.8) is 0 Å². The number of nitrogens with zero attached hydrogens (tertiary/aromatic N) is 5. The summed E-state index contributed by atoms with van der Waals surface area (Å²) < 4.78 is 7.28. The van der Waals surface area contributed by atoms with Crippen LogP contribution in [0.4, 0.5) is 0 Å². The fourth-order valence-corrected chi connectivity index (χ4v) is 4.36. The molecule has 0 radical (unpaired) electrons. The predicted molar refractivity (Wildman–Crippen MR) is 119 cm³/mol. The number of nitrogens with one attached hydrogen (secondary N) is 1. The van der Waals surface area contributed by atoms with Gasteiger partial charge in [-0.3, -0.25) is 9.69 Å². The molecular weight excluding hydrogens is 412 g/mol. The van der Waals surface area contributed by atoms with Gasteiger partial charge in [0.25, 0.3) is 0 Å². The summed E-state index contributed by atoms with van der Waals surface area (Å²) in [6, 6.07) is 18.2. The number of para-hydroxylation sites is 2. The highest BCUT2D eigenvalue weighted by atomic mass is 32.2. The lowest BCUT2D eigenvalue weighted by atomic mass is 10.2. The molecule has 1 aromatic heterocycles. The molecular formula is C22H26N6O2S. The molecule has 1 aliphatic heterocycles. The topological polar surface area (TPSA) is 85.2 Å². The minimum Gasteiger partial charge on any atom is -0.492 e. The van der Waals surface area contributed by atoms with Gasteiger partial charge < -0.3 is 10.1 Å². The van der Waals surface area contributed by atoms with Crippen LogP contribution in [0.15, 0.2) is 59.8 Å².